The van der Waals surface area contributed by atoms with Crippen molar-refractivity contribution >= 4 is 11.9 Å². The average Bonchev–Trinajstić information content (AvgIpc) is 3.25. The fourth-order valence-corrected chi connectivity index (χ4v) is 5.61. The normalized spacial score (nSPS) is 11.5. The molecule has 0 aliphatic carbocycles. The Morgan fingerprint density at radius 2 is 0.492 bits per heavy atom. The highest BCUT2D eigenvalue weighted by Gasteiger charge is 2.03. The van der Waals surface area contributed by atoms with Crippen LogP contribution < -0.4 is 0 Å². The molecular formula is C45H88O16. The molecule has 0 saturated carbocycles. The summed E-state index contributed by atoms with van der Waals surface area (Å²) in [6.07, 6.45) is 20.1. The maximum Gasteiger partial charge on any atom is 0.305 e. The first-order valence-corrected chi connectivity index (χ1v) is 23.5. The molecule has 0 atom stereocenters. The van der Waals surface area contributed by atoms with Crippen LogP contribution in [0.1, 0.15) is 116 Å². The summed E-state index contributed by atoms with van der Waals surface area (Å²) < 4.78 is 70.5. The standard InChI is InChI=1S/C45H88O16/c1-2-3-4-5-6-7-8-9-10-11-12-13-14-15-16-17-45(48)61-43-42-60-41-40-59-39-38-58-37-36-57-35-34-56-33-32-55-31-30-54-29-28-53-27-26-52-25-24-51-23-22-50-21-20-49-19-18-44(46)47/h2-43H2,1H3,(H,46,47). The molecule has 0 aromatic heterocycles. The van der Waals surface area contributed by atoms with E-state index in [0.29, 0.717) is 158 Å². The number of rotatable bonds is 55. The van der Waals surface area contributed by atoms with Gasteiger partial charge in [0.05, 0.1) is 165 Å². The van der Waals surface area contributed by atoms with Gasteiger partial charge in [-0.2, -0.15) is 0 Å². The van der Waals surface area contributed by atoms with Gasteiger partial charge < -0.3 is 66.7 Å². The maximum atomic E-state index is 11.9. The highest BCUT2D eigenvalue weighted by Crippen LogP contribution is 2.14. The molecule has 0 aromatic carbocycles. The molecule has 0 aliphatic heterocycles. The number of carbonyl (C=O) groups is 2. The van der Waals surface area contributed by atoms with E-state index in [4.69, 9.17) is 66.7 Å². The molecule has 0 saturated heterocycles. The lowest BCUT2D eigenvalue weighted by Gasteiger charge is -2.09. The lowest BCUT2D eigenvalue weighted by atomic mass is 10.0. The van der Waals surface area contributed by atoms with Crippen LogP contribution in [0.3, 0.4) is 0 Å². The minimum absolute atomic E-state index is 0.00540. The number of aliphatic carboxylic acids is 1. The van der Waals surface area contributed by atoms with Crippen LogP contribution in [0.4, 0.5) is 0 Å². The molecule has 1 N–H and O–H groups in total. The van der Waals surface area contributed by atoms with Crippen LogP contribution in [0.5, 0.6) is 0 Å². The van der Waals surface area contributed by atoms with Crippen molar-refractivity contribution in [2.75, 3.05) is 165 Å². The second-order valence-electron chi connectivity index (χ2n) is 14.4. The molecule has 0 aromatic rings. The van der Waals surface area contributed by atoms with E-state index in [-0.39, 0.29) is 25.6 Å². The van der Waals surface area contributed by atoms with E-state index >= 15 is 0 Å². The second-order valence-corrected chi connectivity index (χ2v) is 14.4. The predicted octanol–water partition coefficient (Wildman–Crippen LogP) is 6.47. The first-order chi connectivity index (χ1) is 30.2. The summed E-state index contributed by atoms with van der Waals surface area (Å²) in [5.41, 5.74) is 0. The van der Waals surface area contributed by atoms with Gasteiger partial charge in [0.25, 0.3) is 0 Å². The van der Waals surface area contributed by atoms with Crippen molar-refractivity contribution in [2.24, 2.45) is 0 Å². The van der Waals surface area contributed by atoms with Gasteiger partial charge in [0, 0.05) is 6.42 Å². The summed E-state index contributed by atoms with van der Waals surface area (Å²) >= 11 is 0. The van der Waals surface area contributed by atoms with Gasteiger partial charge in [-0.1, -0.05) is 96.8 Å². The van der Waals surface area contributed by atoms with E-state index in [9.17, 15) is 9.59 Å². The van der Waals surface area contributed by atoms with E-state index in [1.165, 1.54) is 83.5 Å². The molecule has 0 fully saturated rings. The van der Waals surface area contributed by atoms with Crippen molar-refractivity contribution in [1.82, 2.24) is 0 Å². The Labute approximate surface area is 368 Å². The van der Waals surface area contributed by atoms with Crippen LogP contribution >= 0.6 is 0 Å². The molecule has 0 rings (SSSR count). The topological polar surface area (TPSA) is 174 Å². The molecule has 16 heteroatoms. The van der Waals surface area contributed by atoms with Gasteiger partial charge in [-0.15, -0.1) is 0 Å². The summed E-state index contributed by atoms with van der Waals surface area (Å²) in [5, 5.41) is 8.51. The third kappa shape index (κ3) is 56.4. The van der Waals surface area contributed by atoms with Gasteiger partial charge in [-0.05, 0) is 6.42 Å². The Morgan fingerprint density at radius 3 is 0.738 bits per heavy atom. The number of esters is 1. The SMILES string of the molecule is CCCCCCCCCCCCCCCCCC(=O)OCCOCCOCCOCCOCCOCCOCCOCCOCCOCCOCCOCCOCCC(=O)O. The zero-order chi connectivity index (χ0) is 44.0. The smallest absolute Gasteiger partial charge is 0.305 e. The average molecular weight is 885 g/mol. The van der Waals surface area contributed by atoms with Gasteiger partial charge in [0.15, 0.2) is 0 Å². The molecule has 0 heterocycles. The molecule has 0 spiro atoms. The van der Waals surface area contributed by atoms with Crippen LogP contribution in [0, 0.1) is 0 Å². The Morgan fingerprint density at radius 1 is 0.279 bits per heavy atom. The van der Waals surface area contributed by atoms with Gasteiger partial charge in [-0.3, -0.25) is 9.59 Å². The van der Waals surface area contributed by atoms with Gasteiger partial charge in [0.2, 0.25) is 0 Å². The summed E-state index contributed by atoms with van der Waals surface area (Å²) in [4.78, 5) is 22.3. The lowest BCUT2D eigenvalue weighted by Crippen LogP contribution is -2.15. The van der Waals surface area contributed by atoms with Crippen molar-refractivity contribution in [1.29, 1.82) is 0 Å². The Balaban J connectivity index is 3.13. The summed E-state index contributed by atoms with van der Waals surface area (Å²) in [7, 11) is 0. The molecule has 0 aliphatic rings. The Kier molecular flexibility index (Phi) is 53.2. The minimum Gasteiger partial charge on any atom is -0.481 e. The quantitative estimate of drug-likeness (QED) is 0.0520. The van der Waals surface area contributed by atoms with Crippen LogP contribution in [-0.2, 0) is 71.2 Å². The first-order valence-electron chi connectivity index (χ1n) is 23.5. The molecular weight excluding hydrogens is 796 g/mol. The highest BCUT2D eigenvalue weighted by atomic mass is 16.6. The second kappa shape index (κ2) is 54.6. The fraction of sp³-hybridized carbons (Fsp3) is 0.956. The summed E-state index contributed by atoms with van der Waals surface area (Å²) in [6.45, 7) is 13.4. The molecule has 16 nitrogen and oxygen atoms in total. The van der Waals surface area contributed by atoms with Gasteiger partial charge in [-0.25, -0.2) is 0 Å². The molecule has 0 radical (unpaired) electrons. The Bertz CT molecular complexity index is 855. The fourth-order valence-electron chi connectivity index (χ4n) is 5.61. The number of unbranched alkanes of at least 4 members (excludes halogenated alkanes) is 14. The van der Waals surface area contributed by atoms with Crippen molar-refractivity contribution in [3.63, 3.8) is 0 Å². The predicted molar refractivity (Wildman–Crippen MR) is 233 cm³/mol. The van der Waals surface area contributed by atoms with Crippen molar-refractivity contribution < 1.29 is 76.3 Å². The van der Waals surface area contributed by atoms with E-state index in [0.717, 1.165) is 12.8 Å². The van der Waals surface area contributed by atoms with Gasteiger partial charge in [0.1, 0.15) is 6.61 Å². The number of hydrogen-bond acceptors (Lipinski definition) is 15. The van der Waals surface area contributed by atoms with E-state index in [2.05, 4.69) is 6.92 Å². The van der Waals surface area contributed by atoms with Gasteiger partial charge >= 0.3 is 11.9 Å². The van der Waals surface area contributed by atoms with E-state index in [1.807, 2.05) is 0 Å². The van der Waals surface area contributed by atoms with Crippen LogP contribution in [0.2, 0.25) is 0 Å². The zero-order valence-electron chi connectivity index (χ0n) is 38.3. The third-order valence-electron chi connectivity index (χ3n) is 9.03. The molecule has 0 bridgehead atoms. The summed E-state index contributed by atoms with van der Waals surface area (Å²) in [5.74, 6) is -1.01. The number of carboxylic acid groups (broad SMARTS) is 1. The largest absolute Gasteiger partial charge is 0.481 e. The first kappa shape index (κ1) is 59.5. The monoisotopic (exact) mass is 885 g/mol. The zero-order valence-corrected chi connectivity index (χ0v) is 38.3. The van der Waals surface area contributed by atoms with Crippen LogP contribution in [0.25, 0.3) is 0 Å². The summed E-state index contributed by atoms with van der Waals surface area (Å²) in [6, 6.07) is 0. The third-order valence-corrected chi connectivity index (χ3v) is 9.03. The van der Waals surface area contributed by atoms with Crippen LogP contribution in [-0.4, -0.2) is 182 Å². The van der Waals surface area contributed by atoms with E-state index in [1.54, 1.807) is 0 Å². The maximum absolute atomic E-state index is 11.9. The van der Waals surface area contributed by atoms with Crippen molar-refractivity contribution in [2.45, 2.75) is 116 Å². The number of carboxylic acids is 1. The molecule has 0 amide bonds. The molecule has 61 heavy (non-hydrogen) atoms. The number of hydrogen-bond donors (Lipinski definition) is 1. The van der Waals surface area contributed by atoms with Crippen LogP contribution in [0.15, 0.2) is 0 Å². The van der Waals surface area contributed by atoms with Crippen molar-refractivity contribution in [3.05, 3.63) is 0 Å². The molecule has 0 unspecified atom stereocenters. The minimum atomic E-state index is -0.876. The number of ether oxygens (including phenoxy) is 13. The number of carbonyl (C=O) groups excluding carboxylic acids is 1. The van der Waals surface area contributed by atoms with Crippen molar-refractivity contribution in [3.8, 4) is 0 Å². The lowest BCUT2D eigenvalue weighted by molar-refractivity contribution is -0.145. The Hall–Kier alpha value is -1.54. The molecule has 364 valence electrons. The highest BCUT2D eigenvalue weighted by molar-refractivity contribution is 5.69. The van der Waals surface area contributed by atoms with E-state index < -0.39 is 5.97 Å².